The smallest absolute Gasteiger partial charge is 0.389 e. The Morgan fingerprint density at radius 1 is 1.06 bits per heavy atom. The van der Waals surface area contributed by atoms with Gasteiger partial charge < -0.3 is 30.0 Å². The molecule has 0 spiro atoms. The van der Waals surface area contributed by atoms with Gasteiger partial charge in [-0.25, -0.2) is 0 Å². The van der Waals surface area contributed by atoms with Crippen molar-refractivity contribution in [3.63, 3.8) is 0 Å². The zero-order valence-electron chi connectivity index (χ0n) is 16.7. The molecule has 0 atom stereocenters. The van der Waals surface area contributed by atoms with Crippen LogP contribution >= 0.6 is 0 Å². The lowest BCUT2D eigenvalue weighted by Gasteiger charge is -2.07. The molecule has 0 saturated carbocycles. The summed E-state index contributed by atoms with van der Waals surface area (Å²) in [6, 6.07) is 6.46. The van der Waals surface area contributed by atoms with Crippen LogP contribution in [0.4, 0.5) is 11.5 Å². The predicted molar refractivity (Wildman–Crippen MR) is 106 cm³/mol. The number of rotatable bonds is 11. The van der Waals surface area contributed by atoms with Gasteiger partial charge in [-0.3, -0.25) is 19.7 Å². The standard InChI is InChI=1S/C17H16N8O8/c26-15(10-32-12-3-1-11(2-4-12)24(28)29)18-6-7-19-16(27)17-20-13(22-33-17)9-23-8-5-14(21-23)25(30)31/h1-5,8H,6-7,9-10H2,(H,18,26)(H,19,27). The zero-order chi connectivity index (χ0) is 23.8. The number of nitrogens with zero attached hydrogens (tertiary/aromatic N) is 6. The van der Waals surface area contributed by atoms with E-state index in [4.69, 9.17) is 9.26 Å². The summed E-state index contributed by atoms with van der Waals surface area (Å²) in [4.78, 5) is 47.7. The Labute approximate surface area is 183 Å². The van der Waals surface area contributed by atoms with E-state index in [2.05, 4.69) is 25.9 Å². The molecule has 0 fully saturated rings. The molecule has 33 heavy (non-hydrogen) atoms. The van der Waals surface area contributed by atoms with Gasteiger partial charge in [-0.1, -0.05) is 5.16 Å². The molecule has 3 aromatic rings. The van der Waals surface area contributed by atoms with Crippen molar-refractivity contribution in [3.05, 3.63) is 68.5 Å². The zero-order valence-corrected chi connectivity index (χ0v) is 16.7. The summed E-state index contributed by atoms with van der Waals surface area (Å²) in [5.74, 6) is -1.40. The predicted octanol–water partition coefficient (Wildman–Crippen LogP) is 0.0558. The van der Waals surface area contributed by atoms with Crippen LogP contribution in [-0.2, 0) is 11.3 Å². The number of amides is 2. The number of carbonyl (C=O) groups is 2. The number of nitro benzene ring substituents is 1. The van der Waals surface area contributed by atoms with Crippen molar-refractivity contribution in [2.24, 2.45) is 0 Å². The highest BCUT2D eigenvalue weighted by molar-refractivity contribution is 5.89. The van der Waals surface area contributed by atoms with E-state index in [1.165, 1.54) is 41.2 Å². The van der Waals surface area contributed by atoms with Crippen LogP contribution in [0.5, 0.6) is 5.75 Å². The van der Waals surface area contributed by atoms with Crippen molar-refractivity contribution >= 4 is 23.3 Å². The van der Waals surface area contributed by atoms with E-state index in [1.807, 2.05) is 0 Å². The highest BCUT2D eigenvalue weighted by Gasteiger charge is 2.17. The van der Waals surface area contributed by atoms with Crippen molar-refractivity contribution in [1.29, 1.82) is 0 Å². The maximum absolute atomic E-state index is 12.0. The number of hydrogen-bond acceptors (Lipinski definition) is 11. The molecule has 2 N–H and O–H groups in total. The Kier molecular flexibility index (Phi) is 7.20. The first-order chi connectivity index (χ1) is 15.8. The van der Waals surface area contributed by atoms with Crippen molar-refractivity contribution in [2.75, 3.05) is 19.7 Å². The van der Waals surface area contributed by atoms with Crippen LogP contribution in [0, 0.1) is 20.2 Å². The maximum atomic E-state index is 12.0. The summed E-state index contributed by atoms with van der Waals surface area (Å²) in [7, 11) is 0. The summed E-state index contributed by atoms with van der Waals surface area (Å²) in [6.07, 6.45) is 1.36. The Balaban J connectivity index is 1.35. The van der Waals surface area contributed by atoms with Crippen LogP contribution in [-0.4, -0.2) is 61.3 Å². The number of hydrogen-bond donors (Lipinski definition) is 2. The molecule has 0 aliphatic heterocycles. The fraction of sp³-hybridized carbons (Fsp3) is 0.235. The second-order valence-corrected chi connectivity index (χ2v) is 6.29. The summed E-state index contributed by atoms with van der Waals surface area (Å²) >= 11 is 0. The molecule has 1 aromatic carbocycles. The summed E-state index contributed by atoms with van der Waals surface area (Å²) in [6.45, 7) is -0.197. The molecule has 0 aliphatic rings. The molecule has 0 radical (unpaired) electrons. The molecule has 2 aromatic heterocycles. The fourth-order valence-electron chi connectivity index (χ4n) is 2.41. The lowest BCUT2D eigenvalue weighted by Crippen LogP contribution is -2.36. The topological polar surface area (TPSA) is 210 Å². The Hall–Kier alpha value is -4.89. The van der Waals surface area contributed by atoms with Gasteiger partial charge in [-0.05, 0) is 17.1 Å². The van der Waals surface area contributed by atoms with Crippen LogP contribution in [0.15, 0.2) is 41.1 Å². The molecule has 0 unspecified atom stereocenters. The van der Waals surface area contributed by atoms with Gasteiger partial charge in [0.25, 0.3) is 11.6 Å². The van der Waals surface area contributed by atoms with E-state index in [9.17, 15) is 29.8 Å². The number of non-ortho nitro benzene ring substituents is 1. The highest BCUT2D eigenvalue weighted by atomic mass is 16.6. The first-order valence-electron chi connectivity index (χ1n) is 9.24. The normalized spacial score (nSPS) is 10.4. The van der Waals surface area contributed by atoms with Crippen LogP contribution in [0.2, 0.25) is 0 Å². The minimum atomic E-state index is -0.670. The monoisotopic (exact) mass is 460 g/mol. The molecule has 0 saturated heterocycles. The molecule has 172 valence electrons. The van der Waals surface area contributed by atoms with Crippen molar-refractivity contribution in [3.8, 4) is 5.75 Å². The largest absolute Gasteiger partial charge is 0.484 e. The number of benzene rings is 1. The molecular formula is C17H16N8O8. The van der Waals surface area contributed by atoms with Crippen molar-refractivity contribution in [2.45, 2.75) is 6.54 Å². The third kappa shape index (κ3) is 6.54. The molecular weight excluding hydrogens is 444 g/mol. The lowest BCUT2D eigenvalue weighted by atomic mass is 10.3. The Morgan fingerprint density at radius 2 is 1.79 bits per heavy atom. The molecule has 16 nitrogen and oxygen atoms in total. The Bertz CT molecular complexity index is 1160. The minimum absolute atomic E-state index is 0.0323. The fourth-order valence-corrected chi connectivity index (χ4v) is 2.41. The van der Waals surface area contributed by atoms with Crippen LogP contribution in [0.1, 0.15) is 16.5 Å². The van der Waals surface area contributed by atoms with Gasteiger partial charge in [0, 0.05) is 25.2 Å². The number of aromatic nitrogens is 4. The number of ether oxygens (including phenoxy) is 1. The van der Waals surface area contributed by atoms with Crippen LogP contribution in [0.25, 0.3) is 0 Å². The van der Waals surface area contributed by atoms with Crippen molar-refractivity contribution in [1.82, 2.24) is 30.6 Å². The second-order valence-electron chi connectivity index (χ2n) is 6.29. The second kappa shape index (κ2) is 10.4. The lowest BCUT2D eigenvalue weighted by molar-refractivity contribution is -0.389. The third-order valence-corrected chi connectivity index (χ3v) is 3.93. The third-order valence-electron chi connectivity index (χ3n) is 3.93. The van der Waals surface area contributed by atoms with Gasteiger partial charge in [0.15, 0.2) is 12.4 Å². The molecule has 3 rings (SSSR count). The quantitative estimate of drug-likeness (QED) is 0.222. The Morgan fingerprint density at radius 3 is 2.45 bits per heavy atom. The summed E-state index contributed by atoms with van der Waals surface area (Å²) in [5, 5.41) is 33.5. The van der Waals surface area contributed by atoms with Gasteiger partial charge in [-0.15, -0.1) is 0 Å². The SMILES string of the molecule is O=C(COc1ccc([N+](=O)[O-])cc1)NCCNC(=O)c1nc(Cn2ccc([N+](=O)[O-])n2)no1. The van der Waals surface area contributed by atoms with Crippen LogP contribution < -0.4 is 15.4 Å². The number of nitro groups is 2. The first-order valence-corrected chi connectivity index (χ1v) is 9.24. The highest BCUT2D eigenvalue weighted by Crippen LogP contribution is 2.17. The van der Waals surface area contributed by atoms with E-state index < -0.39 is 21.7 Å². The molecule has 2 amide bonds. The van der Waals surface area contributed by atoms with Gasteiger partial charge in [0.1, 0.15) is 12.3 Å². The molecule has 0 aliphatic carbocycles. The van der Waals surface area contributed by atoms with E-state index in [0.717, 1.165) is 0 Å². The van der Waals surface area contributed by atoms with E-state index >= 15 is 0 Å². The maximum Gasteiger partial charge on any atom is 0.389 e. The van der Waals surface area contributed by atoms with Gasteiger partial charge in [0.05, 0.1) is 22.3 Å². The van der Waals surface area contributed by atoms with E-state index in [-0.39, 0.29) is 49.5 Å². The summed E-state index contributed by atoms with van der Waals surface area (Å²) < 4.78 is 11.3. The number of nitrogens with one attached hydrogen (secondary N) is 2. The average molecular weight is 460 g/mol. The number of carbonyl (C=O) groups excluding carboxylic acids is 2. The first kappa shape index (κ1) is 22.8. The van der Waals surface area contributed by atoms with Crippen molar-refractivity contribution < 1.29 is 28.7 Å². The van der Waals surface area contributed by atoms with E-state index in [1.54, 1.807) is 0 Å². The van der Waals surface area contributed by atoms with Crippen LogP contribution in [0.3, 0.4) is 0 Å². The minimum Gasteiger partial charge on any atom is -0.484 e. The molecule has 2 heterocycles. The van der Waals surface area contributed by atoms with Gasteiger partial charge in [-0.2, -0.15) is 9.67 Å². The average Bonchev–Trinajstić information content (AvgIpc) is 3.46. The van der Waals surface area contributed by atoms with Gasteiger partial charge in [0.2, 0.25) is 0 Å². The van der Waals surface area contributed by atoms with E-state index in [0.29, 0.717) is 5.75 Å². The molecule has 16 heteroatoms. The summed E-state index contributed by atoms with van der Waals surface area (Å²) in [5.41, 5.74) is -0.0960. The van der Waals surface area contributed by atoms with Gasteiger partial charge >= 0.3 is 17.6 Å². The molecule has 0 bridgehead atoms.